The van der Waals surface area contributed by atoms with Gasteiger partial charge in [0.25, 0.3) is 0 Å². The molecule has 0 atom stereocenters. The van der Waals surface area contributed by atoms with E-state index in [1.165, 1.54) is 24.3 Å². The molecule has 258 valence electrons. The summed E-state index contributed by atoms with van der Waals surface area (Å²) in [6, 6.07) is 44.5. The minimum atomic E-state index is -1.46. The van der Waals surface area contributed by atoms with Gasteiger partial charge in [0.05, 0.1) is 11.1 Å². The third-order valence-corrected chi connectivity index (χ3v) is 9.26. The summed E-state index contributed by atoms with van der Waals surface area (Å²) in [5, 5.41) is 0. The van der Waals surface area contributed by atoms with E-state index in [1.54, 1.807) is 24.3 Å². The molecule has 0 radical (unpaired) electrons. The number of hydrogen-bond donors (Lipinski definition) is 0. The predicted molar refractivity (Wildman–Crippen MR) is 205 cm³/mol. The first-order valence-electron chi connectivity index (χ1n) is 17.0. The smallest absolute Gasteiger partial charge is 0.170 e. The SMILES string of the molecule is Cc1ccc(N(c2ccc(C)cc2)c2ccc(-c3c(F)c(F)c(-c4ccc(N(c5ccc(C)cc5)c5ccc(C)cc5)cc4)c(F)c3F)cc2)cc1. The first kappa shape index (κ1) is 34.3. The molecule has 0 aromatic heterocycles. The highest BCUT2D eigenvalue weighted by molar-refractivity contribution is 5.81. The van der Waals surface area contributed by atoms with Gasteiger partial charge in [-0.1, -0.05) is 95.1 Å². The normalized spacial score (nSPS) is 11.1. The number of rotatable bonds is 8. The molecule has 0 amide bonds. The second-order valence-electron chi connectivity index (χ2n) is 13.1. The summed E-state index contributed by atoms with van der Waals surface area (Å²) < 4.78 is 63.4. The Morgan fingerprint density at radius 1 is 0.269 bits per heavy atom. The summed E-state index contributed by atoms with van der Waals surface area (Å²) in [5.74, 6) is -5.83. The van der Waals surface area contributed by atoms with Gasteiger partial charge in [0.1, 0.15) is 0 Å². The van der Waals surface area contributed by atoms with Crippen LogP contribution in [0, 0.1) is 51.0 Å². The molecule has 0 fully saturated rings. The molecule has 0 aliphatic rings. The van der Waals surface area contributed by atoms with Gasteiger partial charge < -0.3 is 9.80 Å². The molecule has 2 nitrogen and oxygen atoms in total. The number of anilines is 6. The van der Waals surface area contributed by atoms with Crippen LogP contribution >= 0.6 is 0 Å². The van der Waals surface area contributed by atoms with Crippen LogP contribution < -0.4 is 9.80 Å². The van der Waals surface area contributed by atoms with Crippen LogP contribution in [-0.2, 0) is 0 Å². The van der Waals surface area contributed by atoms with E-state index in [-0.39, 0.29) is 11.1 Å². The highest BCUT2D eigenvalue weighted by atomic mass is 19.2. The molecule has 0 saturated carbocycles. The maximum absolute atomic E-state index is 15.9. The molecule has 7 aromatic carbocycles. The van der Waals surface area contributed by atoms with Crippen molar-refractivity contribution in [1.82, 2.24) is 0 Å². The van der Waals surface area contributed by atoms with E-state index in [2.05, 4.69) is 0 Å². The van der Waals surface area contributed by atoms with Crippen molar-refractivity contribution < 1.29 is 17.6 Å². The second-order valence-corrected chi connectivity index (χ2v) is 13.1. The lowest BCUT2D eigenvalue weighted by Crippen LogP contribution is -2.10. The van der Waals surface area contributed by atoms with Crippen LogP contribution in [0.25, 0.3) is 22.3 Å². The summed E-state index contributed by atoms with van der Waals surface area (Å²) in [5.41, 5.74) is 7.85. The number of nitrogens with zero attached hydrogens (tertiary/aromatic N) is 2. The van der Waals surface area contributed by atoms with Crippen molar-refractivity contribution in [3.8, 4) is 22.3 Å². The first-order chi connectivity index (χ1) is 25.1. The fraction of sp³-hybridized carbons (Fsp3) is 0.0870. The fourth-order valence-electron chi connectivity index (χ4n) is 6.36. The molecule has 6 heteroatoms. The summed E-state index contributed by atoms with van der Waals surface area (Å²) in [4.78, 5) is 4.00. The summed E-state index contributed by atoms with van der Waals surface area (Å²) in [6.45, 7) is 8.01. The van der Waals surface area contributed by atoms with Crippen LogP contribution in [0.4, 0.5) is 51.7 Å². The third kappa shape index (κ3) is 6.68. The zero-order chi connectivity index (χ0) is 36.5. The molecule has 0 heterocycles. The van der Waals surface area contributed by atoms with Crippen molar-refractivity contribution in [2.24, 2.45) is 0 Å². The number of aryl methyl sites for hydroxylation is 4. The van der Waals surface area contributed by atoms with Crippen LogP contribution in [-0.4, -0.2) is 0 Å². The van der Waals surface area contributed by atoms with Crippen LogP contribution in [0.5, 0.6) is 0 Å². The van der Waals surface area contributed by atoms with E-state index in [0.717, 1.165) is 45.0 Å². The molecule has 7 aromatic rings. The summed E-state index contributed by atoms with van der Waals surface area (Å²) in [6.07, 6.45) is 0. The van der Waals surface area contributed by atoms with Gasteiger partial charge >= 0.3 is 0 Å². The molecule has 52 heavy (non-hydrogen) atoms. The first-order valence-corrected chi connectivity index (χ1v) is 17.0. The van der Waals surface area contributed by atoms with Gasteiger partial charge in [-0.25, -0.2) is 17.6 Å². The average Bonchev–Trinajstić information content (AvgIpc) is 3.15. The molecule has 0 aliphatic heterocycles. The van der Waals surface area contributed by atoms with Crippen molar-refractivity contribution in [2.75, 3.05) is 9.80 Å². The largest absolute Gasteiger partial charge is 0.311 e. The van der Waals surface area contributed by atoms with E-state index in [1.807, 2.05) is 135 Å². The Morgan fingerprint density at radius 3 is 0.635 bits per heavy atom. The number of halogens is 4. The van der Waals surface area contributed by atoms with E-state index < -0.39 is 34.4 Å². The van der Waals surface area contributed by atoms with Gasteiger partial charge in [-0.05, 0) is 112 Å². The minimum Gasteiger partial charge on any atom is -0.311 e. The Labute approximate surface area is 301 Å². The van der Waals surface area contributed by atoms with Crippen LogP contribution in [0.1, 0.15) is 22.3 Å². The topological polar surface area (TPSA) is 6.48 Å². The van der Waals surface area contributed by atoms with Gasteiger partial charge in [0.15, 0.2) is 23.3 Å². The average molecular weight is 693 g/mol. The van der Waals surface area contributed by atoms with Crippen molar-refractivity contribution in [3.05, 3.63) is 191 Å². The van der Waals surface area contributed by atoms with Crippen LogP contribution in [0.2, 0.25) is 0 Å². The highest BCUT2D eigenvalue weighted by Gasteiger charge is 2.28. The lowest BCUT2D eigenvalue weighted by atomic mass is 9.96. The maximum atomic E-state index is 15.9. The standard InChI is InChI=1S/C46H36F4N2/c1-29-5-17-35(18-6-29)51(36-19-7-30(2)8-20-36)39-25-13-33(14-26-39)41-43(47)45(49)42(46(50)44(41)48)34-15-27-40(28-16-34)52(37-21-9-31(3)10-22-37)38-23-11-32(4)12-24-38/h5-28H,1-4H3. The quantitative estimate of drug-likeness (QED) is 0.116. The Balaban J connectivity index is 1.24. The van der Waals surface area contributed by atoms with Crippen LogP contribution in [0.3, 0.4) is 0 Å². The molecule has 0 aliphatic carbocycles. The van der Waals surface area contributed by atoms with E-state index >= 15 is 17.6 Å². The lowest BCUT2D eigenvalue weighted by molar-refractivity contribution is 0.463. The molecular weight excluding hydrogens is 657 g/mol. The molecule has 0 saturated heterocycles. The van der Waals surface area contributed by atoms with E-state index in [0.29, 0.717) is 11.4 Å². The number of benzene rings is 7. The molecule has 0 unspecified atom stereocenters. The van der Waals surface area contributed by atoms with E-state index in [9.17, 15) is 0 Å². The maximum Gasteiger partial charge on any atom is 0.170 e. The van der Waals surface area contributed by atoms with Gasteiger partial charge in [-0.15, -0.1) is 0 Å². The molecule has 0 spiro atoms. The Morgan fingerprint density at radius 2 is 0.442 bits per heavy atom. The van der Waals surface area contributed by atoms with Gasteiger partial charge in [0.2, 0.25) is 0 Å². The lowest BCUT2D eigenvalue weighted by Gasteiger charge is -2.26. The second kappa shape index (κ2) is 14.2. The van der Waals surface area contributed by atoms with Crippen LogP contribution in [0.15, 0.2) is 146 Å². The minimum absolute atomic E-state index is 0.0121. The van der Waals surface area contributed by atoms with Crippen molar-refractivity contribution in [2.45, 2.75) is 27.7 Å². The summed E-state index contributed by atoms with van der Waals surface area (Å²) >= 11 is 0. The van der Waals surface area contributed by atoms with Gasteiger partial charge in [-0.2, -0.15) is 0 Å². The third-order valence-electron chi connectivity index (χ3n) is 9.26. The highest BCUT2D eigenvalue weighted by Crippen LogP contribution is 2.41. The Kier molecular flexibility index (Phi) is 9.39. The van der Waals surface area contributed by atoms with E-state index in [4.69, 9.17) is 0 Å². The fourth-order valence-corrected chi connectivity index (χ4v) is 6.36. The van der Waals surface area contributed by atoms with Crippen molar-refractivity contribution >= 4 is 34.1 Å². The zero-order valence-electron chi connectivity index (χ0n) is 29.3. The van der Waals surface area contributed by atoms with Crippen molar-refractivity contribution in [3.63, 3.8) is 0 Å². The van der Waals surface area contributed by atoms with Crippen molar-refractivity contribution in [1.29, 1.82) is 0 Å². The summed E-state index contributed by atoms with van der Waals surface area (Å²) in [7, 11) is 0. The van der Waals surface area contributed by atoms with Gasteiger partial charge in [0, 0.05) is 34.1 Å². The molecule has 0 N–H and O–H groups in total. The monoisotopic (exact) mass is 692 g/mol. The molecular formula is C46H36F4N2. The molecule has 7 rings (SSSR count). The predicted octanol–water partition coefficient (Wildman–Crippen LogP) is 13.8. The Bertz CT molecular complexity index is 2040. The zero-order valence-corrected chi connectivity index (χ0v) is 29.3. The Hall–Kier alpha value is -6.14. The molecule has 0 bridgehead atoms. The number of hydrogen-bond acceptors (Lipinski definition) is 2. The van der Waals surface area contributed by atoms with Gasteiger partial charge in [-0.3, -0.25) is 0 Å².